The van der Waals surface area contributed by atoms with Gasteiger partial charge in [-0.25, -0.2) is 8.42 Å². The van der Waals surface area contributed by atoms with Crippen molar-refractivity contribution in [3.8, 4) is 0 Å². The van der Waals surface area contributed by atoms with Gasteiger partial charge in [-0.2, -0.15) is 0 Å². The summed E-state index contributed by atoms with van der Waals surface area (Å²) in [6.07, 6.45) is 2.88. The highest BCUT2D eigenvalue weighted by atomic mass is 32.2. The van der Waals surface area contributed by atoms with Crippen LogP contribution < -0.4 is 5.32 Å². The van der Waals surface area contributed by atoms with E-state index in [-0.39, 0.29) is 4.90 Å². The van der Waals surface area contributed by atoms with Crippen molar-refractivity contribution in [2.45, 2.75) is 4.90 Å². The second-order valence-corrected chi connectivity index (χ2v) is 8.19. The summed E-state index contributed by atoms with van der Waals surface area (Å²) in [6, 6.07) is 12.5. The van der Waals surface area contributed by atoms with Crippen LogP contribution in [0.4, 0.5) is 11.4 Å². The van der Waals surface area contributed by atoms with Crippen molar-refractivity contribution < 1.29 is 8.42 Å². The molecule has 1 N–H and O–H groups in total. The summed E-state index contributed by atoms with van der Waals surface area (Å²) in [7, 11) is -3.28. The second kappa shape index (κ2) is 5.50. The van der Waals surface area contributed by atoms with E-state index < -0.39 is 9.84 Å². The molecule has 24 heavy (non-hydrogen) atoms. The van der Waals surface area contributed by atoms with Crippen molar-refractivity contribution in [2.75, 3.05) is 11.6 Å². The van der Waals surface area contributed by atoms with Crippen LogP contribution >= 0.6 is 11.5 Å². The predicted molar refractivity (Wildman–Crippen MR) is 95.6 cm³/mol. The average molecular weight is 356 g/mol. The highest BCUT2D eigenvalue weighted by Gasteiger charge is 2.11. The Morgan fingerprint density at radius 1 is 1.04 bits per heavy atom. The van der Waals surface area contributed by atoms with E-state index in [2.05, 4.69) is 19.9 Å². The van der Waals surface area contributed by atoms with Gasteiger partial charge in [-0.3, -0.25) is 4.98 Å². The van der Waals surface area contributed by atoms with Crippen LogP contribution in [-0.4, -0.2) is 29.2 Å². The van der Waals surface area contributed by atoms with E-state index in [1.54, 1.807) is 24.4 Å². The van der Waals surface area contributed by atoms with E-state index in [0.29, 0.717) is 0 Å². The Balaban J connectivity index is 1.83. The van der Waals surface area contributed by atoms with Gasteiger partial charge in [0.2, 0.25) is 0 Å². The lowest BCUT2D eigenvalue weighted by atomic mass is 10.2. The lowest BCUT2D eigenvalue weighted by Crippen LogP contribution is -1.98. The summed E-state index contributed by atoms with van der Waals surface area (Å²) >= 11 is 1.34. The van der Waals surface area contributed by atoms with E-state index in [1.807, 2.05) is 24.3 Å². The molecule has 0 aliphatic heterocycles. The summed E-state index contributed by atoms with van der Waals surface area (Å²) in [5.41, 5.74) is 3.18. The lowest BCUT2D eigenvalue weighted by Gasteiger charge is -2.10. The number of nitrogens with zero attached hydrogens (tertiary/aromatic N) is 3. The van der Waals surface area contributed by atoms with Crippen LogP contribution in [0, 0.1) is 0 Å². The summed E-state index contributed by atoms with van der Waals surface area (Å²) in [6.45, 7) is 0. The topological polar surface area (TPSA) is 84.8 Å². The van der Waals surface area contributed by atoms with E-state index in [9.17, 15) is 8.42 Å². The number of sulfone groups is 1. The first kappa shape index (κ1) is 15.0. The third kappa shape index (κ3) is 2.70. The van der Waals surface area contributed by atoms with Crippen LogP contribution in [0.5, 0.6) is 0 Å². The third-order valence-corrected chi connectivity index (χ3v) is 5.48. The molecular weight excluding hydrogens is 344 g/mol. The number of anilines is 2. The van der Waals surface area contributed by atoms with Gasteiger partial charge in [0.05, 0.1) is 15.1 Å². The highest BCUT2D eigenvalue weighted by molar-refractivity contribution is 7.90. The van der Waals surface area contributed by atoms with Crippen LogP contribution in [-0.2, 0) is 9.84 Å². The van der Waals surface area contributed by atoms with E-state index >= 15 is 0 Å². The molecule has 0 saturated heterocycles. The summed E-state index contributed by atoms with van der Waals surface area (Å²) in [4.78, 5) is 4.56. The molecular formula is C16H12N4O2S2. The lowest BCUT2D eigenvalue weighted by molar-refractivity contribution is 0.602. The molecule has 0 atom stereocenters. The van der Waals surface area contributed by atoms with E-state index in [0.717, 1.165) is 32.5 Å². The molecule has 2 heterocycles. The van der Waals surface area contributed by atoms with Crippen molar-refractivity contribution in [3.05, 3.63) is 48.7 Å². The molecule has 0 bridgehead atoms. The standard InChI is InChI=1S/C16H12N4O2S2/c1-24(21,22)11-3-4-13-12(9-11)14(6-7-17-13)18-10-2-5-16-15(8-10)19-20-23-16/h2-9H,1H3,(H,17,18). The zero-order valence-electron chi connectivity index (χ0n) is 12.6. The Kier molecular flexibility index (Phi) is 3.43. The number of aromatic nitrogens is 3. The van der Waals surface area contributed by atoms with Crippen LogP contribution in [0.25, 0.3) is 21.1 Å². The largest absolute Gasteiger partial charge is 0.355 e. The van der Waals surface area contributed by atoms with Crippen molar-refractivity contribution in [3.63, 3.8) is 0 Å². The molecule has 0 radical (unpaired) electrons. The highest BCUT2D eigenvalue weighted by Crippen LogP contribution is 2.29. The maximum atomic E-state index is 11.8. The fourth-order valence-electron chi connectivity index (χ4n) is 2.48. The second-order valence-electron chi connectivity index (χ2n) is 5.39. The van der Waals surface area contributed by atoms with Gasteiger partial charge in [-0.15, -0.1) is 5.10 Å². The number of hydrogen-bond acceptors (Lipinski definition) is 7. The van der Waals surface area contributed by atoms with E-state index in [4.69, 9.17) is 0 Å². The van der Waals surface area contributed by atoms with Crippen LogP contribution in [0.15, 0.2) is 53.6 Å². The molecule has 0 amide bonds. The predicted octanol–water partition coefficient (Wildman–Crippen LogP) is 3.39. The van der Waals surface area contributed by atoms with Crippen LogP contribution in [0.3, 0.4) is 0 Å². The zero-order valence-corrected chi connectivity index (χ0v) is 14.2. The van der Waals surface area contributed by atoms with Gasteiger partial charge in [0, 0.05) is 29.2 Å². The Morgan fingerprint density at radius 2 is 1.92 bits per heavy atom. The number of rotatable bonds is 3. The molecule has 0 spiro atoms. The van der Waals surface area contributed by atoms with E-state index in [1.165, 1.54) is 17.8 Å². The fraction of sp³-hybridized carbons (Fsp3) is 0.0625. The molecule has 0 aliphatic carbocycles. The van der Waals surface area contributed by atoms with Crippen LogP contribution in [0.2, 0.25) is 0 Å². The van der Waals surface area contributed by atoms with Gasteiger partial charge in [0.1, 0.15) is 5.52 Å². The molecule has 2 aromatic heterocycles. The summed E-state index contributed by atoms with van der Waals surface area (Å²) in [5.74, 6) is 0. The molecule has 2 aromatic carbocycles. The maximum absolute atomic E-state index is 11.8. The molecule has 0 fully saturated rings. The SMILES string of the molecule is CS(=O)(=O)c1ccc2nccc(Nc3ccc4snnc4c3)c2c1. The fourth-order valence-corrected chi connectivity index (χ4v) is 3.67. The normalized spacial score (nSPS) is 11.9. The molecule has 0 aliphatic rings. The first-order valence-corrected chi connectivity index (χ1v) is 9.75. The Bertz CT molecular complexity index is 1170. The van der Waals surface area contributed by atoms with Crippen molar-refractivity contribution in [1.29, 1.82) is 0 Å². The van der Waals surface area contributed by atoms with Gasteiger partial charge in [0.25, 0.3) is 0 Å². The monoisotopic (exact) mass is 356 g/mol. The van der Waals surface area contributed by atoms with Gasteiger partial charge in [0.15, 0.2) is 9.84 Å². The Hall–Kier alpha value is -2.58. The minimum atomic E-state index is -3.28. The summed E-state index contributed by atoms with van der Waals surface area (Å²) in [5, 5.41) is 8.12. The van der Waals surface area contributed by atoms with Gasteiger partial charge < -0.3 is 5.32 Å². The number of nitrogens with one attached hydrogen (secondary N) is 1. The smallest absolute Gasteiger partial charge is 0.175 e. The van der Waals surface area contributed by atoms with Gasteiger partial charge >= 0.3 is 0 Å². The molecule has 0 saturated carbocycles. The molecule has 0 unspecified atom stereocenters. The number of fused-ring (bicyclic) bond motifs is 2. The number of hydrogen-bond donors (Lipinski definition) is 1. The van der Waals surface area contributed by atoms with Crippen molar-refractivity contribution in [1.82, 2.24) is 14.6 Å². The number of benzene rings is 2. The quantitative estimate of drug-likeness (QED) is 0.606. The number of pyridine rings is 1. The Morgan fingerprint density at radius 3 is 2.75 bits per heavy atom. The first-order valence-electron chi connectivity index (χ1n) is 7.09. The van der Waals surface area contributed by atoms with Gasteiger partial charge in [-0.05, 0) is 54.0 Å². The minimum absolute atomic E-state index is 0.269. The zero-order chi connectivity index (χ0) is 16.7. The molecule has 6 nitrogen and oxygen atoms in total. The van der Waals surface area contributed by atoms with Crippen molar-refractivity contribution in [2.24, 2.45) is 0 Å². The van der Waals surface area contributed by atoms with Gasteiger partial charge in [-0.1, -0.05) is 4.49 Å². The van der Waals surface area contributed by atoms with Crippen molar-refractivity contribution >= 4 is 53.9 Å². The summed E-state index contributed by atoms with van der Waals surface area (Å²) < 4.78 is 28.6. The Labute approximate surface area is 142 Å². The maximum Gasteiger partial charge on any atom is 0.175 e. The minimum Gasteiger partial charge on any atom is -0.355 e. The van der Waals surface area contributed by atoms with Crippen LogP contribution in [0.1, 0.15) is 0 Å². The molecule has 4 rings (SSSR count). The first-order chi connectivity index (χ1) is 11.5. The third-order valence-electron chi connectivity index (χ3n) is 3.67. The molecule has 8 heteroatoms. The average Bonchev–Trinajstić information content (AvgIpc) is 3.01. The molecule has 4 aromatic rings. The molecule has 120 valence electrons.